The van der Waals surface area contributed by atoms with Crippen molar-refractivity contribution in [2.75, 3.05) is 6.61 Å². The van der Waals surface area contributed by atoms with Gasteiger partial charge in [-0.15, -0.1) is 0 Å². The number of rotatable bonds is 6. The Morgan fingerprint density at radius 2 is 1.96 bits per heavy atom. The lowest BCUT2D eigenvalue weighted by atomic mass is 9.58. The van der Waals surface area contributed by atoms with Crippen LogP contribution >= 0.6 is 0 Å². The van der Waals surface area contributed by atoms with E-state index in [0.29, 0.717) is 30.8 Å². The first-order chi connectivity index (χ1) is 11.3. The lowest BCUT2D eigenvalue weighted by Gasteiger charge is -2.46. The van der Waals surface area contributed by atoms with E-state index in [4.69, 9.17) is 4.74 Å². The van der Waals surface area contributed by atoms with E-state index < -0.39 is 0 Å². The van der Waals surface area contributed by atoms with Gasteiger partial charge in [-0.05, 0) is 42.7 Å². The molecule has 0 saturated heterocycles. The van der Waals surface area contributed by atoms with Crippen LogP contribution in [0.15, 0.2) is 42.5 Å². The van der Waals surface area contributed by atoms with Gasteiger partial charge in [0.05, 0.1) is 18.6 Å². The number of carbonyl (C=O) groups is 1. The Labute approximate surface area is 139 Å². The largest absolute Gasteiger partial charge is 0.376 e. The van der Waals surface area contributed by atoms with Crippen LogP contribution in [0.4, 0.5) is 0 Å². The fourth-order valence-electron chi connectivity index (χ4n) is 4.57. The van der Waals surface area contributed by atoms with Crippen LogP contribution in [-0.4, -0.2) is 12.4 Å². The SMILES string of the molecule is CCC[C@]1(COCc2ccccc2)C(=O)C=C[C@@H]2CCCCC21. The van der Waals surface area contributed by atoms with Gasteiger partial charge in [0.2, 0.25) is 0 Å². The van der Waals surface area contributed by atoms with Crippen molar-refractivity contribution in [3.05, 3.63) is 48.0 Å². The lowest BCUT2D eigenvalue weighted by molar-refractivity contribution is -0.137. The number of fused-ring (bicyclic) bond motifs is 1. The zero-order chi connectivity index (χ0) is 16.1. The van der Waals surface area contributed by atoms with Gasteiger partial charge in [-0.3, -0.25) is 4.79 Å². The summed E-state index contributed by atoms with van der Waals surface area (Å²) < 4.78 is 6.08. The number of allylic oxidation sites excluding steroid dienone is 2. The number of carbonyl (C=O) groups excluding carboxylic acids is 1. The highest BCUT2D eigenvalue weighted by molar-refractivity contribution is 5.96. The molecule has 1 aromatic carbocycles. The quantitative estimate of drug-likeness (QED) is 0.744. The molecular weight excluding hydrogens is 284 g/mol. The minimum absolute atomic E-state index is 0.288. The maximum atomic E-state index is 12.8. The first-order valence-electron chi connectivity index (χ1n) is 9.10. The van der Waals surface area contributed by atoms with Gasteiger partial charge < -0.3 is 4.74 Å². The van der Waals surface area contributed by atoms with Crippen LogP contribution in [0.2, 0.25) is 0 Å². The van der Waals surface area contributed by atoms with Gasteiger partial charge in [-0.1, -0.05) is 62.6 Å². The summed E-state index contributed by atoms with van der Waals surface area (Å²) in [5.74, 6) is 1.35. The van der Waals surface area contributed by atoms with Gasteiger partial charge in [0.1, 0.15) is 0 Å². The molecule has 1 fully saturated rings. The van der Waals surface area contributed by atoms with Crippen LogP contribution in [0.25, 0.3) is 0 Å². The second-order valence-electron chi connectivity index (χ2n) is 7.16. The molecule has 0 bridgehead atoms. The summed E-state index contributed by atoms with van der Waals surface area (Å²) in [7, 11) is 0. The highest BCUT2D eigenvalue weighted by Crippen LogP contribution is 2.49. The van der Waals surface area contributed by atoms with Gasteiger partial charge >= 0.3 is 0 Å². The molecule has 2 aliphatic carbocycles. The van der Waals surface area contributed by atoms with Gasteiger partial charge in [-0.2, -0.15) is 0 Å². The molecule has 2 heteroatoms. The van der Waals surface area contributed by atoms with Gasteiger partial charge in [-0.25, -0.2) is 0 Å². The number of ether oxygens (including phenoxy) is 1. The summed E-state index contributed by atoms with van der Waals surface area (Å²) in [6, 6.07) is 10.2. The van der Waals surface area contributed by atoms with Gasteiger partial charge in [0.15, 0.2) is 5.78 Å². The van der Waals surface area contributed by atoms with E-state index in [1.165, 1.54) is 31.2 Å². The number of hydrogen-bond acceptors (Lipinski definition) is 2. The molecule has 2 aliphatic rings. The zero-order valence-electron chi connectivity index (χ0n) is 14.2. The Hall–Kier alpha value is -1.41. The third kappa shape index (κ3) is 3.42. The van der Waals surface area contributed by atoms with Crippen LogP contribution in [0.5, 0.6) is 0 Å². The summed E-state index contributed by atoms with van der Waals surface area (Å²) in [5, 5.41) is 0. The van der Waals surface area contributed by atoms with Crippen molar-refractivity contribution < 1.29 is 9.53 Å². The highest BCUT2D eigenvalue weighted by Gasteiger charge is 2.49. The van der Waals surface area contributed by atoms with Crippen molar-refractivity contribution >= 4 is 5.78 Å². The molecule has 1 unspecified atom stereocenters. The summed E-state index contributed by atoms with van der Waals surface area (Å²) >= 11 is 0. The monoisotopic (exact) mass is 312 g/mol. The third-order valence-electron chi connectivity index (χ3n) is 5.68. The lowest BCUT2D eigenvalue weighted by Crippen LogP contribution is -2.48. The Morgan fingerprint density at radius 1 is 1.17 bits per heavy atom. The Morgan fingerprint density at radius 3 is 2.74 bits per heavy atom. The van der Waals surface area contributed by atoms with Crippen LogP contribution < -0.4 is 0 Å². The molecule has 23 heavy (non-hydrogen) atoms. The molecule has 1 aromatic rings. The van der Waals surface area contributed by atoms with E-state index >= 15 is 0 Å². The molecule has 1 saturated carbocycles. The second kappa shape index (κ2) is 7.44. The Balaban J connectivity index is 1.74. The van der Waals surface area contributed by atoms with E-state index in [2.05, 4.69) is 25.1 Å². The third-order valence-corrected chi connectivity index (χ3v) is 5.68. The summed E-state index contributed by atoms with van der Waals surface area (Å²) in [6.45, 7) is 3.35. The van der Waals surface area contributed by atoms with Crippen LogP contribution in [0.1, 0.15) is 51.0 Å². The standard InChI is InChI=1S/C21H28O2/c1-2-14-21(16-23-15-17-8-4-3-5-9-17)19-11-7-6-10-18(19)12-13-20(21)22/h3-5,8-9,12-13,18-19H,2,6-7,10-11,14-16H2,1H3/t18-,19?,21+/m0/s1. The number of benzene rings is 1. The molecule has 0 radical (unpaired) electrons. The summed E-state index contributed by atoms with van der Waals surface area (Å²) in [5.41, 5.74) is 0.891. The van der Waals surface area contributed by atoms with Crippen LogP contribution in [-0.2, 0) is 16.1 Å². The van der Waals surface area contributed by atoms with E-state index in [1.54, 1.807) is 0 Å². The predicted molar refractivity (Wildman–Crippen MR) is 93.0 cm³/mol. The van der Waals surface area contributed by atoms with Gasteiger partial charge in [0.25, 0.3) is 0 Å². The predicted octanol–water partition coefficient (Wildman–Crippen LogP) is 4.94. The number of hydrogen-bond donors (Lipinski definition) is 0. The molecular formula is C21H28O2. The Kier molecular flexibility index (Phi) is 5.32. The zero-order valence-corrected chi connectivity index (χ0v) is 14.2. The Bertz CT molecular complexity index is 548. The van der Waals surface area contributed by atoms with Crippen LogP contribution in [0, 0.1) is 17.3 Å². The van der Waals surface area contributed by atoms with E-state index in [-0.39, 0.29) is 5.41 Å². The molecule has 0 heterocycles. The van der Waals surface area contributed by atoms with Crippen molar-refractivity contribution in [1.29, 1.82) is 0 Å². The van der Waals surface area contributed by atoms with Crippen molar-refractivity contribution in [2.24, 2.45) is 17.3 Å². The maximum Gasteiger partial charge on any atom is 0.164 e. The first-order valence-corrected chi connectivity index (χ1v) is 9.10. The van der Waals surface area contributed by atoms with Crippen molar-refractivity contribution in [3.63, 3.8) is 0 Å². The molecule has 0 spiro atoms. The average molecular weight is 312 g/mol. The van der Waals surface area contributed by atoms with E-state index in [1.807, 2.05) is 24.3 Å². The number of ketones is 1. The summed E-state index contributed by atoms with van der Waals surface area (Å²) in [6.07, 6.45) is 11.0. The topological polar surface area (TPSA) is 26.3 Å². The molecule has 2 nitrogen and oxygen atoms in total. The second-order valence-corrected chi connectivity index (χ2v) is 7.16. The molecule has 3 atom stereocenters. The smallest absolute Gasteiger partial charge is 0.164 e. The maximum absolute atomic E-state index is 12.8. The molecule has 0 aromatic heterocycles. The molecule has 124 valence electrons. The minimum atomic E-state index is -0.288. The molecule has 3 rings (SSSR count). The molecule has 0 aliphatic heterocycles. The van der Waals surface area contributed by atoms with Gasteiger partial charge in [0, 0.05) is 0 Å². The van der Waals surface area contributed by atoms with Crippen molar-refractivity contribution in [2.45, 2.75) is 52.1 Å². The fraction of sp³-hybridized carbons (Fsp3) is 0.571. The normalized spacial score (nSPS) is 30.2. The van der Waals surface area contributed by atoms with Crippen molar-refractivity contribution in [3.8, 4) is 0 Å². The fourth-order valence-corrected chi connectivity index (χ4v) is 4.57. The highest BCUT2D eigenvalue weighted by atomic mass is 16.5. The van der Waals surface area contributed by atoms with Crippen LogP contribution in [0.3, 0.4) is 0 Å². The summed E-state index contributed by atoms with van der Waals surface area (Å²) in [4.78, 5) is 12.8. The molecule has 0 amide bonds. The van der Waals surface area contributed by atoms with E-state index in [0.717, 1.165) is 12.8 Å². The van der Waals surface area contributed by atoms with E-state index in [9.17, 15) is 4.79 Å². The first kappa shape index (κ1) is 16.4. The minimum Gasteiger partial charge on any atom is -0.376 e. The molecule has 0 N–H and O–H groups in total. The van der Waals surface area contributed by atoms with Crippen molar-refractivity contribution in [1.82, 2.24) is 0 Å². The average Bonchev–Trinajstić information content (AvgIpc) is 2.59.